The molecule has 1 unspecified atom stereocenters. The van der Waals surface area contributed by atoms with E-state index >= 15 is 0 Å². The third kappa shape index (κ3) is 11.4. The van der Waals surface area contributed by atoms with Gasteiger partial charge in [-0.15, -0.1) is 0 Å². The SMILES string of the molecule is CCCCCC(C)CCC(=O)OCCCC=O. The second-order valence-corrected chi connectivity index (χ2v) is 4.67. The van der Waals surface area contributed by atoms with Gasteiger partial charge < -0.3 is 9.53 Å². The van der Waals surface area contributed by atoms with Gasteiger partial charge in [0.25, 0.3) is 0 Å². The lowest BCUT2D eigenvalue weighted by molar-refractivity contribution is -0.144. The average molecular weight is 242 g/mol. The van der Waals surface area contributed by atoms with Crippen molar-refractivity contribution in [2.75, 3.05) is 6.61 Å². The Morgan fingerprint density at radius 2 is 2.00 bits per heavy atom. The summed E-state index contributed by atoms with van der Waals surface area (Å²) in [6, 6.07) is 0. The Morgan fingerprint density at radius 3 is 2.65 bits per heavy atom. The maximum Gasteiger partial charge on any atom is 0.305 e. The molecule has 3 nitrogen and oxygen atoms in total. The monoisotopic (exact) mass is 242 g/mol. The van der Waals surface area contributed by atoms with E-state index in [1.165, 1.54) is 25.7 Å². The van der Waals surface area contributed by atoms with Crippen LogP contribution in [0.1, 0.15) is 65.2 Å². The van der Waals surface area contributed by atoms with Crippen molar-refractivity contribution in [1.82, 2.24) is 0 Å². The lowest BCUT2D eigenvalue weighted by atomic mass is 9.98. The minimum Gasteiger partial charge on any atom is -0.466 e. The van der Waals surface area contributed by atoms with Crippen molar-refractivity contribution < 1.29 is 14.3 Å². The van der Waals surface area contributed by atoms with Gasteiger partial charge in [0.1, 0.15) is 6.29 Å². The van der Waals surface area contributed by atoms with Gasteiger partial charge in [0.05, 0.1) is 6.61 Å². The van der Waals surface area contributed by atoms with Crippen LogP contribution in [0.25, 0.3) is 0 Å². The molecule has 0 spiro atoms. The number of rotatable bonds is 11. The van der Waals surface area contributed by atoms with Crippen molar-refractivity contribution in [2.45, 2.75) is 65.2 Å². The van der Waals surface area contributed by atoms with Crippen LogP contribution in [0.2, 0.25) is 0 Å². The second-order valence-electron chi connectivity index (χ2n) is 4.67. The quantitative estimate of drug-likeness (QED) is 0.316. The van der Waals surface area contributed by atoms with Gasteiger partial charge in [-0.2, -0.15) is 0 Å². The summed E-state index contributed by atoms with van der Waals surface area (Å²) in [5.74, 6) is 0.474. The predicted octanol–water partition coefficient (Wildman–Crippen LogP) is 3.51. The maximum absolute atomic E-state index is 11.3. The van der Waals surface area contributed by atoms with E-state index in [1.54, 1.807) is 0 Å². The highest BCUT2D eigenvalue weighted by atomic mass is 16.5. The van der Waals surface area contributed by atoms with Crippen molar-refractivity contribution in [3.63, 3.8) is 0 Å². The third-order valence-electron chi connectivity index (χ3n) is 2.87. The number of ether oxygens (including phenoxy) is 1. The first-order chi connectivity index (χ1) is 8.20. The summed E-state index contributed by atoms with van der Waals surface area (Å²) in [5.41, 5.74) is 0. The molecule has 0 aromatic rings. The Hall–Kier alpha value is -0.860. The highest BCUT2D eigenvalue weighted by molar-refractivity contribution is 5.69. The van der Waals surface area contributed by atoms with Gasteiger partial charge in [-0.05, 0) is 18.8 Å². The van der Waals surface area contributed by atoms with E-state index in [1.807, 2.05) is 0 Å². The molecule has 0 N–H and O–H groups in total. The van der Waals surface area contributed by atoms with Crippen molar-refractivity contribution in [2.24, 2.45) is 5.92 Å². The zero-order valence-corrected chi connectivity index (χ0v) is 11.2. The number of carbonyl (C=O) groups is 2. The highest BCUT2D eigenvalue weighted by Gasteiger charge is 2.07. The van der Waals surface area contributed by atoms with Gasteiger partial charge >= 0.3 is 5.97 Å². The molecule has 17 heavy (non-hydrogen) atoms. The Morgan fingerprint density at radius 1 is 1.24 bits per heavy atom. The van der Waals surface area contributed by atoms with Gasteiger partial charge in [0, 0.05) is 12.8 Å². The third-order valence-corrected chi connectivity index (χ3v) is 2.87. The maximum atomic E-state index is 11.3. The van der Waals surface area contributed by atoms with Crippen molar-refractivity contribution in [3.8, 4) is 0 Å². The van der Waals surface area contributed by atoms with Crippen molar-refractivity contribution in [3.05, 3.63) is 0 Å². The largest absolute Gasteiger partial charge is 0.466 e. The molecule has 0 aliphatic carbocycles. The molecule has 0 radical (unpaired) electrons. The topological polar surface area (TPSA) is 43.4 Å². The summed E-state index contributed by atoms with van der Waals surface area (Å²) in [7, 11) is 0. The molecule has 0 heterocycles. The first-order valence-electron chi connectivity index (χ1n) is 6.80. The van der Waals surface area contributed by atoms with Gasteiger partial charge in [-0.3, -0.25) is 4.79 Å². The van der Waals surface area contributed by atoms with E-state index in [2.05, 4.69) is 13.8 Å². The fourth-order valence-corrected chi connectivity index (χ4v) is 1.68. The van der Waals surface area contributed by atoms with Crippen molar-refractivity contribution in [1.29, 1.82) is 0 Å². The number of hydrogen-bond acceptors (Lipinski definition) is 3. The number of esters is 1. The number of unbranched alkanes of at least 4 members (excludes halogenated alkanes) is 3. The first kappa shape index (κ1) is 16.1. The van der Waals surface area contributed by atoms with Gasteiger partial charge in [-0.1, -0.05) is 39.5 Å². The standard InChI is InChI=1S/C14H26O3/c1-3-4-5-8-13(2)9-10-14(16)17-12-7-6-11-15/h11,13H,3-10,12H2,1-2H3. The average Bonchev–Trinajstić information content (AvgIpc) is 2.32. The Bertz CT molecular complexity index is 202. The molecule has 0 aliphatic rings. The van der Waals surface area contributed by atoms with E-state index < -0.39 is 0 Å². The fraction of sp³-hybridized carbons (Fsp3) is 0.857. The molecule has 100 valence electrons. The van der Waals surface area contributed by atoms with Gasteiger partial charge in [-0.25, -0.2) is 0 Å². The van der Waals surface area contributed by atoms with E-state index in [-0.39, 0.29) is 5.97 Å². The summed E-state index contributed by atoms with van der Waals surface area (Å²) < 4.78 is 5.02. The van der Waals surface area contributed by atoms with Crippen molar-refractivity contribution >= 4 is 12.3 Å². The van der Waals surface area contributed by atoms with E-state index in [9.17, 15) is 9.59 Å². The van der Waals surface area contributed by atoms with E-state index in [0.717, 1.165) is 12.7 Å². The molecular formula is C14H26O3. The second kappa shape index (κ2) is 11.6. The molecule has 0 bridgehead atoms. The normalized spacial score (nSPS) is 12.1. The number of hydrogen-bond donors (Lipinski definition) is 0. The fourth-order valence-electron chi connectivity index (χ4n) is 1.68. The molecule has 0 fully saturated rings. The van der Waals surface area contributed by atoms with Crippen LogP contribution in [-0.2, 0) is 14.3 Å². The van der Waals surface area contributed by atoms with Crippen LogP contribution >= 0.6 is 0 Å². The van der Waals surface area contributed by atoms with Gasteiger partial charge in [0.2, 0.25) is 0 Å². The molecule has 0 amide bonds. The molecule has 0 saturated carbocycles. The predicted molar refractivity (Wildman–Crippen MR) is 68.8 cm³/mol. The summed E-state index contributed by atoms with van der Waals surface area (Å²) in [6.45, 7) is 4.76. The number of aldehydes is 1. The van der Waals surface area contributed by atoms with E-state index in [0.29, 0.717) is 31.8 Å². The van der Waals surface area contributed by atoms with Crippen LogP contribution in [0.3, 0.4) is 0 Å². The summed E-state index contributed by atoms with van der Waals surface area (Å²) in [6.07, 6.45) is 8.36. The molecule has 3 heteroatoms. The van der Waals surface area contributed by atoms with Crippen LogP contribution in [0.5, 0.6) is 0 Å². The Kier molecular flexibility index (Phi) is 11.0. The zero-order chi connectivity index (χ0) is 12.9. The Labute approximate surface area is 105 Å². The Balaban J connectivity index is 3.38. The minimum atomic E-state index is -0.127. The molecule has 1 atom stereocenters. The molecule has 0 rings (SSSR count). The van der Waals surface area contributed by atoms with E-state index in [4.69, 9.17) is 4.74 Å². The zero-order valence-electron chi connectivity index (χ0n) is 11.2. The first-order valence-corrected chi connectivity index (χ1v) is 6.80. The summed E-state index contributed by atoms with van der Waals surface area (Å²) in [4.78, 5) is 21.4. The molecular weight excluding hydrogens is 216 g/mol. The minimum absolute atomic E-state index is 0.127. The smallest absolute Gasteiger partial charge is 0.305 e. The molecule has 0 saturated heterocycles. The summed E-state index contributed by atoms with van der Waals surface area (Å²) in [5, 5.41) is 0. The molecule has 0 aliphatic heterocycles. The van der Waals surface area contributed by atoms with Crippen LogP contribution in [0, 0.1) is 5.92 Å². The number of carbonyl (C=O) groups excluding carboxylic acids is 2. The van der Waals surface area contributed by atoms with Crippen LogP contribution < -0.4 is 0 Å². The lowest BCUT2D eigenvalue weighted by Crippen LogP contribution is -2.08. The molecule has 0 aromatic heterocycles. The van der Waals surface area contributed by atoms with Gasteiger partial charge in [0.15, 0.2) is 0 Å². The lowest BCUT2D eigenvalue weighted by Gasteiger charge is -2.10. The summed E-state index contributed by atoms with van der Waals surface area (Å²) >= 11 is 0. The van der Waals surface area contributed by atoms with Crippen LogP contribution in [0.15, 0.2) is 0 Å². The van der Waals surface area contributed by atoms with Crippen LogP contribution in [0.4, 0.5) is 0 Å². The molecule has 0 aromatic carbocycles. The van der Waals surface area contributed by atoms with Crippen LogP contribution in [-0.4, -0.2) is 18.9 Å². The highest BCUT2D eigenvalue weighted by Crippen LogP contribution is 2.15.